The molecule has 0 saturated carbocycles. The topological polar surface area (TPSA) is 86.7 Å². The smallest absolute Gasteiger partial charge is 0.307 e. The molecule has 0 aliphatic heterocycles. The van der Waals surface area contributed by atoms with Crippen molar-refractivity contribution in [3.8, 4) is 0 Å². The lowest BCUT2D eigenvalue weighted by atomic mass is 9.82. The molecule has 0 bridgehead atoms. The molecule has 2 atom stereocenters. The summed E-state index contributed by atoms with van der Waals surface area (Å²) in [4.78, 5) is 36.4. The van der Waals surface area contributed by atoms with Crippen molar-refractivity contribution in [3.63, 3.8) is 0 Å². The van der Waals surface area contributed by atoms with E-state index in [1.165, 1.54) is 11.8 Å². The number of nitrogens with one attached hydrogen (secondary N) is 1. The van der Waals surface area contributed by atoms with E-state index in [1.807, 2.05) is 6.08 Å². The van der Waals surface area contributed by atoms with Gasteiger partial charge < -0.3 is 15.3 Å². The minimum Gasteiger partial charge on any atom is -0.481 e. The molecule has 6 nitrogen and oxygen atoms in total. The zero-order valence-electron chi connectivity index (χ0n) is 13.2. The van der Waals surface area contributed by atoms with E-state index < -0.39 is 17.8 Å². The largest absolute Gasteiger partial charge is 0.481 e. The molecule has 0 saturated heterocycles. The average Bonchev–Trinajstić information content (AvgIpc) is 2.54. The summed E-state index contributed by atoms with van der Waals surface area (Å²) in [5.41, 5.74) is 1.30. The number of rotatable bonds is 4. The fraction of sp³-hybridized carbons (Fsp3) is 0.353. The number of hydrogen-bond donors (Lipinski definition) is 2. The first-order chi connectivity index (χ1) is 10.9. The average molecular weight is 316 g/mol. The van der Waals surface area contributed by atoms with E-state index >= 15 is 0 Å². The van der Waals surface area contributed by atoms with Crippen LogP contribution < -0.4 is 10.2 Å². The van der Waals surface area contributed by atoms with Crippen LogP contribution in [0.2, 0.25) is 0 Å². The van der Waals surface area contributed by atoms with Gasteiger partial charge in [-0.25, -0.2) is 0 Å². The minimum absolute atomic E-state index is 0.0833. The van der Waals surface area contributed by atoms with Crippen LogP contribution in [0, 0.1) is 11.8 Å². The maximum Gasteiger partial charge on any atom is 0.307 e. The number of nitrogens with zero attached hydrogens (tertiary/aromatic N) is 1. The van der Waals surface area contributed by atoms with Crippen LogP contribution in [0.5, 0.6) is 0 Å². The van der Waals surface area contributed by atoms with Gasteiger partial charge in [0, 0.05) is 25.3 Å². The third kappa shape index (κ3) is 3.97. The number of anilines is 2. The number of carboxylic acids is 1. The van der Waals surface area contributed by atoms with Crippen molar-refractivity contribution in [3.05, 3.63) is 36.4 Å². The van der Waals surface area contributed by atoms with Gasteiger partial charge in [0.25, 0.3) is 0 Å². The van der Waals surface area contributed by atoms with Crippen molar-refractivity contribution in [2.24, 2.45) is 11.8 Å². The van der Waals surface area contributed by atoms with E-state index in [9.17, 15) is 19.5 Å². The zero-order chi connectivity index (χ0) is 17.0. The molecule has 0 radical (unpaired) electrons. The van der Waals surface area contributed by atoms with Crippen LogP contribution in [0.4, 0.5) is 11.4 Å². The summed E-state index contributed by atoms with van der Waals surface area (Å²) >= 11 is 0. The van der Waals surface area contributed by atoms with Crippen molar-refractivity contribution in [1.82, 2.24) is 0 Å². The van der Waals surface area contributed by atoms with E-state index in [0.29, 0.717) is 18.5 Å². The van der Waals surface area contributed by atoms with Gasteiger partial charge >= 0.3 is 5.97 Å². The molecule has 0 spiro atoms. The Morgan fingerprint density at radius 1 is 1.09 bits per heavy atom. The monoisotopic (exact) mass is 316 g/mol. The molecule has 1 aliphatic rings. The Labute approximate surface area is 134 Å². The van der Waals surface area contributed by atoms with Crippen molar-refractivity contribution in [2.45, 2.75) is 19.8 Å². The summed E-state index contributed by atoms with van der Waals surface area (Å²) in [6, 6.07) is 6.85. The van der Waals surface area contributed by atoms with Gasteiger partial charge in [-0.1, -0.05) is 12.2 Å². The maximum absolute atomic E-state index is 12.3. The predicted octanol–water partition coefficient (Wildman–Crippen LogP) is 2.27. The summed E-state index contributed by atoms with van der Waals surface area (Å²) in [6.45, 7) is 1.47. The molecule has 2 N–H and O–H groups in total. The van der Waals surface area contributed by atoms with Crippen LogP contribution in [0.1, 0.15) is 19.8 Å². The molecule has 6 heteroatoms. The van der Waals surface area contributed by atoms with Crippen molar-refractivity contribution in [1.29, 1.82) is 0 Å². The van der Waals surface area contributed by atoms with Gasteiger partial charge in [-0.2, -0.15) is 0 Å². The fourth-order valence-corrected chi connectivity index (χ4v) is 2.56. The molecule has 23 heavy (non-hydrogen) atoms. The predicted molar refractivity (Wildman–Crippen MR) is 87.1 cm³/mol. The molecule has 2 rings (SSSR count). The second-order valence-corrected chi connectivity index (χ2v) is 5.61. The number of carbonyl (C=O) groups is 3. The Bertz CT molecular complexity index is 636. The number of benzene rings is 1. The Morgan fingerprint density at radius 2 is 1.65 bits per heavy atom. The van der Waals surface area contributed by atoms with E-state index in [4.69, 9.17) is 0 Å². The van der Waals surface area contributed by atoms with Gasteiger partial charge in [0.1, 0.15) is 0 Å². The molecule has 0 heterocycles. The van der Waals surface area contributed by atoms with E-state index in [0.717, 1.165) is 5.69 Å². The lowest BCUT2D eigenvalue weighted by Crippen LogP contribution is -2.34. The lowest BCUT2D eigenvalue weighted by molar-refractivity contribution is -0.146. The van der Waals surface area contributed by atoms with Gasteiger partial charge in [-0.05, 0) is 37.1 Å². The number of allylic oxidation sites excluding steroid dienone is 2. The second-order valence-electron chi connectivity index (χ2n) is 5.61. The first-order valence-electron chi connectivity index (χ1n) is 7.43. The van der Waals surface area contributed by atoms with Crippen LogP contribution in [0.3, 0.4) is 0 Å². The molecule has 0 aromatic heterocycles. The molecular formula is C17H20N2O4. The first-order valence-corrected chi connectivity index (χ1v) is 7.43. The molecular weight excluding hydrogens is 296 g/mol. The highest BCUT2D eigenvalue weighted by molar-refractivity contribution is 5.96. The number of aliphatic carboxylic acids is 1. The molecule has 1 aromatic rings. The number of hydrogen-bond acceptors (Lipinski definition) is 3. The van der Waals surface area contributed by atoms with Crippen LogP contribution >= 0.6 is 0 Å². The Hall–Kier alpha value is -2.63. The van der Waals surface area contributed by atoms with Gasteiger partial charge in [0.15, 0.2) is 0 Å². The van der Waals surface area contributed by atoms with Crippen LogP contribution in [0.25, 0.3) is 0 Å². The standard InChI is InChI=1S/C17H20N2O4/c1-11(20)19(2)13-9-7-12(8-10-13)18-16(21)14-5-3-4-6-15(14)17(22)23/h3-4,7-10,14-15H,5-6H2,1-2H3,(H,18,21)(H,22,23)/t14-,15+/m1/s1. The van der Waals surface area contributed by atoms with Gasteiger partial charge in [0.2, 0.25) is 11.8 Å². The molecule has 0 fully saturated rings. The van der Waals surface area contributed by atoms with Crippen LogP contribution in [0.15, 0.2) is 36.4 Å². The van der Waals surface area contributed by atoms with Crippen molar-refractivity contribution < 1.29 is 19.5 Å². The van der Waals surface area contributed by atoms with E-state index in [-0.39, 0.29) is 11.8 Å². The maximum atomic E-state index is 12.3. The summed E-state index contributed by atoms with van der Waals surface area (Å²) in [7, 11) is 1.67. The molecule has 1 aromatic carbocycles. The molecule has 122 valence electrons. The van der Waals surface area contributed by atoms with Crippen LogP contribution in [-0.4, -0.2) is 29.9 Å². The van der Waals surface area contributed by atoms with Gasteiger partial charge in [0.05, 0.1) is 11.8 Å². The second kappa shape index (κ2) is 7.09. The highest BCUT2D eigenvalue weighted by Crippen LogP contribution is 2.27. The number of carbonyl (C=O) groups excluding carboxylic acids is 2. The quantitative estimate of drug-likeness (QED) is 0.834. The molecule has 1 aliphatic carbocycles. The normalized spacial score (nSPS) is 19.9. The summed E-state index contributed by atoms with van der Waals surface area (Å²) < 4.78 is 0. The first kappa shape index (κ1) is 16.7. The number of amides is 2. The van der Waals surface area contributed by atoms with Gasteiger partial charge in [-0.15, -0.1) is 0 Å². The van der Waals surface area contributed by atoms with Crippen molar-refractivity contribution >= 4 is 29.2 Å². The van der Waals surface area contributed by atoms with Gasteiger partial charge in [-0.3, -0.25) is 14.4 Å². The Kier molecular flexibility index (Phi) is 5.16. The minimum atomic E-state index is -0.951. The van der Waals surface area contributed by atoms with Crippen LogP contribution in [-0.2, 0) is 14.4 Å². The molecule has 0 unspecified atom stereocenters. The van der Waals surface area contributed by atoms with Crippen molar-refractivity contribution in [2.75, 3.05) is 17.3 Å². The Balaban J connectivity index is 2.06. The highest BCUT2D eigenvalue weighted by Gasteiger charge is 2.33. The summed E-state index contributed by atoms with van der Waals surface area (Å²) in [5, 5.41) is 12.0. The fourth-order valence-electron chi connectivity index (χ4n) is 2.56. The highest BCUT2D eigenvalue weighted by atomic mass is 16.4. The SMILES string of the molecule is CC(=O)N(C)c1ccc(NC(=O)[C@@H]2CC=CC[C@@H]2C(=O)O)cc1. The zero-order valence-corrected chi connectivity index (χ0v) is 13.2. The third-order valence-electron chi connectivity index (χ3n) is 4.08. The number of carboxylic acid groups (broad SMARTS) is 1. The lowest BCUT2D eigenvalue weighted by Gasteiger charge is -2.24. The summed E-state index contributed by atoms with van der Waals surface area (Å²) in [6.07, 6.45) is 4.44. The van der Waals surface area contributed by atoms with E-state index in [1.54, 1.807) is 37.4 Å². The van der Waals surface area contributed by atoms with E-state index in [2.05, 4.69) is 5.32 Å². The Morgan fingerprint density at radius 3 is 2.17 bits per heavy atom. The molecule has 2 amide bonds. The summed E-state index contributed by atoms with van der Waals surface area (Å²) in [5.74, 6) is -2.59. The third-order valence-corrected chi connectivity index (χ3v) is 4.08.